The van der Waals surface area contributed by atoms with Crippen molar-refractivity contribution >= 4 is 27.5 Å². The highest BCUT2D eigenvalue weighted by Gasteiger charge is 2.16. The average Bonchev–Trinajstić information content (AvgIpc) is 2.20. The van der Waals surface area contributed by atoms with Crippen molar-refractivity contribution in [2.75, 3.05) is 5.32 Å². The lowest BCUT2D eigenvalue weighted by molar-refractivity contribution is -0.120. The molecule has 0 saturated heterocycles. The van der Waals surface area contributed by atoms with Gasteiger partial charge in [0.05, 0.1) is 0 Å². The standard InChI is InChI=1S/C12H16BrNO/c1-8(2)9(3)12(15)14-11-6-4-10(13)5-7-11/h4-9H,1-3H3,(H,14,15). The number of amides is 1. The van der Waals surface area contributed by atoms with Crippen LogP contribution in [-0.2, 0) is 4.79 Å². The Balaban J connectivity index is 2.62. The maximum atomic E-state index is 11.7. The van der Waals surface area contributed by atoms with Gasteiger partial charge in [0.25, 0.3) is 0 Å². The Morgan fingerprint density at radius 2 is 1.73 bits per heavy atom. The molecule has 1 rings (SSSR count). The van der Waals surface area contributed by atoms with Gasteiger partial charge in [0.1, 0.15) is 0 Å². The Bertz CT molecular complexity index is 332. The molecule has 0 heterocycles. The van der Waals surface area contributed by atoms with Crippen molar-refractivity contribution in [1.29, 1.82) is 0 Å². The molecule has 82 valence electrons. The summed E-state index contributed by atoms with van der Waals surface area (Å²) in [5.41, 5.74) is 0.843. The fraction of sp³-hybridized carbons (Fsp3) is 0.417. The molecular formula is C12H16BrNO. The highest BCUT2D eigenvalue weighted by Crippen LogP contribution is 2.16. The smallest absolute Gasteiger partial charge is 0.227 e. The Labute approximate surface area is 99.2 Å². The number of nitrogens with one attached hydrogen (secondary N) is 1. The Kier molecular flexibility index (Phi) is 4.33. The van der Waals surface area contributed by atoms with Gasteiger partial charge in [0.15, 0.2) is 0 Å². The van der Waals surface area contributed by atoms with Crippen molar-refractivity contribution in [3.8, 4) is 0 Å². The predicted octanol–water partition coefficient (Wildman–Crippen LogP) is 3.68. The first-order valence-electron chi connectivity index (χ1n) is 5.07. The zero-order valence-electron chi connectivity index (χ0n) is 9.25. The van der Waals surface area contributed by atoms with E-state index in [4.69, 9.17) is 0 Å². The SMILES string of the molecule is CC(C)C(C)C(=O)Nc1ccc(Br)cc1. The Morgan fingerprint density at radius 3 is 2.20 bits per heavy atom. The molecule has 0 aliphatic heterocycles. The van der Waals surface area contributed by atoms with Crippen LogP contribution < -0.4 is 5.32 Å². The van der Waals surface area contributed by atoms with E-state index in [2.05, 4.69) is 21.2 Å². The largest absolute Gasteiger partial charge is 0.326 e. The first-order chi connectivity index (χ1) is 7.00. The minimum Gasteiger partial charge on any atom is -0.326 e. The molecule has 1 N–H and O–H groups in total. The van der Waals surface area contributed by atoms with Crippen LogP contribution in [-0.4, -0.2) is 5.91 Å². The third-order valence-electron chi connectivity index (χ3n) is 2.53. The quantitative estimate of drug-likeness (QED) is 0.891. The van der Waals surface area contributed by atoms with Crippen molar-refractivity contribution in [3.63, 3.8) is 0 Å². The van der Waals surface area contributed by atoms with E-state index in [0.29, 0.717) is 5.92 Å². The second-order valence-electron chi connectivity index (χ2n) is 4.03. The molecule has 1 amide bonds. The summed E-state index contributed by atoms with van der Waals surface area (Å²) in [6.07, 6.45) is 0. The van der Waals surface area contributed by atoms with Crippen molar-refractivity contribution in [1.82, 2.24) is 0 Å². The summed E-state index contributed by atoms with van der Waals surface area (Å²) in [6.45, 7) is 6.04. The van der Waals surface area contributed by atoms with Crippen molar-refractivity contribution in [3.05, 3.63) is 28.7 Å². The molecule has 1 atom stereocenters. The van der Waals surface area contributed by atoms with Crippen LogP contribution >= 0.6 is 15.9 Å². The van der Waals surface area contributed by atoms with Crippen LogP contribution in [0.1, 0.15) is 20.8 Å². The van der Waals surface area contributed by atoms with E-state index in [1.807, 2.05) is 45.0 Å². The second kappa shape index (κ2) is 5.31. The molecule has 0 radical (unpaired) electrons. The fourth-order valence-corrected chi connectivity index (χ4v) is 1.36. The molecule has 0 bridgehead atoms. The number of rotatable bonds is 3. The number of benzene rings is 1. The lowest BCUT2D eigenvalue weighted by atomic mass is 9.97. The number of carbonyl (C=O) groups excluding carboxylic acids is 1. The molecule has 2 nitrogen and oxygen atoms in total. The van der Waals surface area contributed by atoms with Crippen LogP contribution in [0.25, 0.3) is 0 Å². The first-order valence-corrected chi connectivity index (χ1v) is 5.86. The van der Waals surface area contributed by atoms with Crippen LogP contribution in [0.5, 0.6) is 0 Å². The highest BCUT2D eigenvalue weighted by molar-refractivity contribution is 9.10. The van der Waals surface area contributed by atoms with E-state index in [1.165, 1.54) is 0 Å². The van der Waals surface area contributed by atoms with Crippen LogP contribution in [0, 0.1) is 11.8 Å². The number of hydrogen-bond donors (Lipinski definition) is 1. The summed E-state index contributed by atoms with van der Waals surface area (Å²) in [7, 11) is 0. The summed E-state index contributed by atoms with van der Waals surface area (Å²) in [6, 6.07) is 7.59. The van der Waals surface area contributed by atoms with Crippen molar-refractivity contribution in [2.45, 2.75) is 20.8 Å². The van der Waals surface area contributed by atoms with E-state index in [0.717, 1.165) is 10.2 Å². The summed E-state index contributed by atoms with van der Waals surface area (Å²) < 4.78 is 1.01. The molecule has 0 spiro atoms. The minimum atomic E-state index is 0.0358. The van der Waals surface area contributed by atoms with Gasteiger partial charge in [-0.2, -0.15) is 0 Å². The summed E-state index contributed by atoms with van der Waals surface area (Å²) in [5.74, 6) is 0.474. The first kappa shape index (κ1) is 12.2. The monoisotopic (exact) mass is 269 g/mol. The van der Waals surface area contributed by atoms with Gasteiger partial charge in [-0.05, 0) is 30.2 Å². The van der Waals surface area contributed by atoms with Crippen LogP contribution in [0.3, 0.4) is 0 Å². The molecule has 1 aromatic rings. The Hall–Kier alpha value is -0.830. The number of hydrogen-bond acceptors (Lipinski definition) is 1. The van der Waals surface area contributed by atoms with Gasteiger partial charge in [0, 0.05) is 16.1 Å². The second-order valence-corrected chi connectivity index (χ2v) is 4.94. The summed E-state index contributed by atoms with van der Waals surface area (Å²) >= 11 is 3.35. The van der Waals surface area contributed by atoms with Crippen molar-refractivity contribution in [2.24, 2.45) is 11.8 Å². The van der Waals surface area contributed by atoms with Crippen LogP contribution in [0.2, 0.25) is 0 Å². The predicted molar refractivity (Wildman–Crippen MR) is 66.8 cm³/mol. The molecule has 0 saturated carbocycles. The van der Waals surface area contributed by atoms with E-state index in [9.17, 15) is 4.79 Å². The average molecular weight is 270 g/mol. The van der Waals surface area contributed by atoms with Gasteiger partial charge in [-0.3, -0.25) is 4.79 Å². The molecule has 1 aromatic carbocycles. The third-order valence-corrected chi connectivity index (χ3v) is 3.05. The normalized spacial score (nSPS) is 12.6. The maximum absolute atomic E-state index is 11.7. The van der Waals surface area contributed by atoms with E-state index < -0.39 is 0 Å². The fourth-order valence-electron chi connectivity index (χ4n) is 1.09. The van der Waals surface area contributed by atoms with Gasteiger partial charge in [0.2, 0.25) is 5.91 Å². The Morgan fingerprint density at radius 1 is 1.20 bits per heavy atom. The van der Waals surface area contributed by atoms with E-state index in [1.54, 1.807) is 0 Å². The van der Waals surface area contributed by atoms with Crippen LogP contribution in [0.15, 0.2) is 28.7 Å². The molecule has 15 heavy (non-hydrogen) atoms. The number of carbonyl (C=O) groups is 1. The molecule has 0 aliphatic carbocycles. The van der Waals surface area contributed by atoms with Gasteiger partial charge < -0.3 is 5.32 Å². The van der Waals surface area contributed by atoms with E-state index in [-0.39, 0.29) is 11.8 Å². The molecule has 0 aliphatic rings. The number of halogens is 1. The summed E-state index contributed by atoms with van der Waals surface area (Å²) in [4.78, 5) is 11.7. The molecule has 0 aromatic heterocycles. The molecule has 1 unspecified atom stereocenters. The van der Waals surface area contributed by atoms with Gasteiger partial charge in [-0.1, -0.05) is 36.7 Å². The summed E-state index contributed by atoms with van der Waals surface area (Å²) in [5, 5.41) is 2.89. The molecular weight excluding hydrogens is 254 g/mol. The zero-order valence-corrected chi connectivity index (χ0v) is 10.8. The third kappa shape index (κ3) is 3.67. The van der Waals surface area contributed by atoms with Crippen LogP contribution in [0.4, 0.5) is 5.69 Å². The maximum Gasteiger partial charge on any atom is 0.227 e. The number of anilines is 1. The highest BCUT2D eigenvalue weighted by atomic mass is 79.9. The van der Waals surface area contributed by atoms with Crippen molar-refractivity contribution < 1.29 is 4.79 Å². The molecule has 0 fully saturated rings. The topological polar surface area (TPSA) is 29.1 Å². The van der Waals surface area contributed by atoms with Gasteiger partial charge >= 0.3 is 0 Å². The van der Waals surface area contributed by atoms with Gasteiger partial charge in [-0.25, -0.2) is 0 Å². The van der Waals surface area contributed by atoms with Gasteiger partial charge in [-0.15, -0.1) is 0 Å². The minimum absolute atomic E-state index is 0.0358. The molecule has 3 heteroatoms. The lowest BCUT2D eigenvalue weighted by Gasteiger charge is -2.15. The lowest BCUT2D eigenvalue weighted by Crippen LogP contribution is -2.24. The zero-order chi connectivity index (χ0) is 11.4. The van der Waals surface area contributed by atoms with E-state index >= 15 is 0 Å².